The minimum Gasteiger partial charge on any atom is -0.430 e. The molecule has 1 amide bonds. The summed E-state index contributed by atoms with van der Waals surface area (Å²) < 4.78 is 57.8. The van der Waals surface area contributed by atoms with Gasteiger partial charge in [-0.05, 0) is 38.8 Å². The Morgan fingerprint density at radius 3 is 2.06 bits per heavy atom. The summed E-state index contributed by atoms with van der Waals surface area (Å²) in [4.78, 5) is 38.0. The van der Waals surface area contributed by atoms with E-state index < -0.39 is 56.9 Å². The molecule has 0 spiro atoms. The highest BCUT2D eigenvalue weighted by Crippen LogP contribution is 2.33. The van der Waals surface area contributed by atoms with Gasteiger partial charge in [-0.1, -0.05) is 27.2 Å². The number of ether oxygens (including phenoxy) is 2. The van der Waals surface area contributed by atoms with Gasteiger partial charge >= 0.3 is 12.1 Å². The fourth-order valence-corrected chi connectivity index (χ4v) is 5.54. The standard InChI is InChI=1S/C22H38F3NO6Si/c1-6-9-18(23)31-21(28)16-12-15(14-30-33(4,5)20(25)11-8-3)17(13-27)26(16)22(29)32-19(24)10-7-2/h13,15-20H,6-12,14H2,1-5H3/t15-,16+,17-,18?,19?,20?/m0/s1. The number of alkyl halides is 3. The molecule has 0 aromatic carbocycles. The summed E-state index contributed by atoms with van der Waals surface area (Å²) in [5.41, 5.74) is 0. The number of amides is 1. The van der Waals surface area contributed by atoms with Crippen molar-refractivity contribution in [2.24, 2.45) is 5.92 Å². The van der Waals surface area contributed by atoms with E-state index in [1.807, 2.05) is 6.92 Å². The number of rotatable bonds is 14. The van der Waals surface area contributed by atoms with Crippen LogP contribution in [-0.2, 0) is 23.5 Å². The van der Waals surface area contributed by atoms with Crippen LogP contribution in [0.25, 0.3) is 0 Å². The van der Waals surface area contributed by atoms with Crippen LogP contribution >= 0.6 is 0 Å². The molecule has 6 atom stereocenters. The number of esters is 1. The Kier molecular flexibility index (Phi) is 12.4. The van der Waals surface area contributed by atoms with E-state index >= 15 is 0 Å². The molecule has 1 aliphatic rings. The van der Waals surface area contributed by atoms with Crippen LogP contribution in [0.3, 0.4) is 0 Å². The van der Waals surface area contributed by atoms with Gasteiger partial charge in [0.2, 0.25) is 21.0 Å². The molecular formula is C22H38F3NO6Si. The van der Waals surface area contributed by atoms with E-state index in [2.05, 4.69) is 0 Å². The molecule has 0 saturated carbocycles. The highest BCUT2D eigenvalue weighted by molar-refractivity contribution is 6.72. The highest BCUT2D eigenvalue weighted by Gasteiger charge is 2.50. The summed E-state index contributed by atoms with van der Waals surface area (Å²) in [6, 6.07) is -2.52. The zero-order valence-electron chi connectivity index (χ0n) is 20.2. The Morgan fingerprint density at radius 1 is 1.00 bits per heavy atom. The van der Waals surface area contributed by atoms with Crippen LogP contribution in [0.4, 0.5) is 18.0 Å². The number of carbonyl (C=O) groups excluding carboxylic acids is 3. The first-order chi connectivity index (χ1) is 15.5. The average molecular weight is 498 g/mol. The van der Waals surface area contributed by atoms with E-state index in [9.17, 15) is 27.6 Å². The van der Waals surface area contributed by atoms with Crippen LogP contribution in [0.5, 0.6) is 0 Å². The maximum Gasteiger partial charge on any atom is 0.413 e. The van der Waals surface area contributed by atoms with E-state index in [0.29, 0.717) is 32.0 Å². The molecule has 11 heteroatoms. The molecule has 0 radical (unpaired) electrons. The Bertz CT molecular complexity index is 641. The predicted octanol–water partition coefficient (Wildman–Crippen LogP) is 5.01. The molecule has 1 fully saturated rings. The third kappa shape index (κ3) is 8.59. The third-order valence-electron chi connectivity index (χ3n) is 5.76. The molecule has 1 rings (SSSR count). The molecule has 1 heterocycles. The van der Waals surface area contributed by atoms with Gasteiger partial charge in [0.1, 0.15) is 18.1 Å². The van der Waals surface area contributed by atoms with E-state index in [4.69, 9.17) is 13.9 Å². The first-order valence-corrected chi connectivity index (χ1v) is 14.7. The zero-order chi connectivity index (χ0) is 25.2. The zero-order valence-corrected chi connectivity index (χ0v) is 21.2. The predicted molar refractivity (Wildman–Crippen MR) is 119 cm³/mol. The second-order valence-electron chi connectivity index (χ2n) is 8.93. The molecule has 33 heavy (non-hydrogen) atoms. The van der Waals surface area contributed by atoms with Crippen molar-refractivity contribution in [3.05, 3.63) is 0 Å². The van der Waals surface area contributed by atoms with Crippen LogP contribution in [0.1, 0.15) is 65.7 Å². The summed E-state index contributed by atoms with van der Waals surface area (Å²) in [6.07, 6.45) is -2.84. The number of likely N-dealkylation sites (tertiary alicyclic amines) is 1. The van der Waals surface area contributed by atoms with E-state index in [0.717, 1.165) is 4.90 Å². The lowest BCUT2D eigenvalue weighted by Crippen LogP contribution is -2.49. The van der Waals surface area contributed by atoms with Gasteiger partial charge in [-0.3, -0.25) is 4.90 Å². The maximum atomic E-state index is 14.5. The van der Waals surface area contributed by atoms with Crippen molar-refractivity contribution in [3.8, 4) is 0 Å². The summed E-state index contributed by atoms with van der Waals surface area (Å²) in [7, 11) is -2.76. The quantitative estimate of drug-likeness (QED) is 0.191. The Hall–Kier alpha value is -1.62. The molecule has 0 N–H and O–H groups in total. The molecular weight excluding hydrogens is 459 g/mol. The lowest BCUT2D eigenvalue weighted by Gasteiger charge is -2.30. The second-order valence-corrected chi connectivity index (χ2v) is 13.1. The Labute approximate surface area is 195 Å². The normalized spacial score (nSPS) is 23.6. The number of nitrogens with zero attached hydrogens (tertiary/aromatic N) is 1. The van der Waals surface area contributed by atoms with Crippen molar-refractivity contribution in [1.82, 2.24) is 4.90 Å². The van der Waals surface area contributed by atoms with E-state index in [-0.39, 0.29) is 25.9 Å². The molecule has 7 nitrogen and oxygen atoms in total. The Morgan fingerprint density at radius 2 is 1.55 bits per heavy atom. The summed E-state index contributed by atoms with van der Waals surface area (Å²) in [5.74, 6) is -2.84. The van der Waals surface area contributed by atoms with Gasteiger partial charge in [-0.15, -0.1) is 0 Å². The first kappa shape index (κ1) is 29.4. The van der Waals surface area contributed by atoms with Gasteiger partial charge in [-0.25, -0.2) is 22.8 Å². The van der Waals surface area contributed by atoms with E-state index in [1.54, 1.807) is 26.9 Å². The van der Waals surface area contributed by atoms with Crippen LogP contribution < -0.4 is 0 Å². The van der Waals surface area contributed by atoms with Crippen molar-refractivity contribution in [2.45, 2.75) is 109 Å². The van der Waals surface area contributed by atoms with Crippen LogP contribution in [0.2, 0.25) is 13.1 Å². The van der Waals surface area contributed by atoms with Gasteiger partial charge in [0.25, 0.3) is 0 Å². The SMILES string of the molecule is CCCC(F)OC(=O)[C@H]1C[C@@H](CO[Si](C)(C)C(F)CCC)[C@H](C=O)N1C(=O)OC(F)CCC. The summed E-state index contributed by atoms with van der Waals surface area (Å²) in [5, 5.41) is 0. The highest BCUT2D eigenvalue weighted by atomic mass is 28.4. The molecule has 0 aliphatic carbocycles. The smallest absolute Gasteiger partial charge is 0.413 e. The van der Waals surface area contributed by atoms with Crippen molar-refractivity contribution in [1.29, 1.82) is 0 Å². The Balaban J connectivity index is 3.07. The molecule has 0 aromatic heterocycles. The minimum atomic E-state index is -2.76. The number of aldehydes is 1. The molecule has 3 unspecified atom stereocenters. The monoisotopic (exact) mass is 497 g/mol. The largest absolute Gasteiger partial charge is 0.430 e. The fourth-order valence-electron chi connectivity index (χ4n) is 3.74. The van der Waals surface area contributed by atoms with E-state index in [1.165, 1.54) is 0 Å². The van der Waals surface area contributed by atoms with Crippen molar-refractivity contribution >= 4 is 26.7 Å². The van der Waals surface area contributed by atoms with Gasteiger partial charge in [-0.2, -0.15) is 0 Å². The maximum absolute atomic E-state index is 14.5. The molecule has 0 bridgehead atoms. The van der Waals surface area contributed by atoms with Crippen LogP contribution in [0.15, 0.2) is 0 Å². The van der Waals surface area contributed by atoms with Crippen molar-refractivity contribution in [2.75, 3.05) is 6.61 Å². The summed E-state index contributed by atoms with van der Waals surface area (Å²) >= 11 is 0. The third-order valence-corrected chi connectivity index (χ3v) is 8.47. The van der Waals surface area contributed by atoms with Crippen molar-refractivity contribution in [3.63, 3.8) is 0 Å². The average Bonchev–Trinajstić information content (AvgIpc) is 3.11. The first-order valence-electron chi connectivity index (χ1n) is 11.7. The molecule has 1 aliphatic heterocycles. The number of carbonyl (C=O) groups is 3. The number of halogens is 3. The van der Waals surface area contributed by atoms with Gasteiger partial charge < -0.3 is 18.7 Å². The van der Waals surface area contributed by atoms with Crippen LogP contribution in [0, 0.1) is 5.92 Å². The van der Waals surface area contributed by atoms with Crippen molar-refractivity contribution < 1.29 is 41.5 Å². The van der Waals surface area contributed by atoms with Gasteiger partial charge in [0, 0.05) is 25.4 Å². The molecule has 1 saturated heterocycles. The number of hydrogen-bond acceptors (Lipinski definition) is 6. The topological polar surface area (TPSA) is 82.1 Å². The van der Waals surface area contributed by atoms with Gasteiger partial charge in [0.05, 0.1) is 6.04 Å². The fraction of sp³-hybridized carbons (Fsp3) is 0.864. The minimum absolute atomic E-state index is 0.0231. The van der Waals surface area contributed by atoms with Gasteiger partial charge in [0.15, 0.2) is 0 Å². The molecule has 0 aromatic rings. The summed E-state index contributed by atoms with van der Waals surface area (Å²) in [6.45, 7) is 8.63. The number of hydrogen-bond donors (Lipinski definition) is 0. The lowest BCUT2D eigenvalue weighted by atomic mass is 10.0. The van der Waals surface area contributed by atoms with Crippen LogP contribution in [-0.4, -0.2) is 68.8 Å². The molecule has 192 valence electrons. The lowest BCUT2D eigenvalue weighted by molar-refractivity contribution is -0.164. The second kappa shape index (κ2) is 13.9.